The summed E-state index contributed by atoms with van der Waals surface area (Å²) in [5, 5.41) is 15.4. The van der Waals surface area contributed by atoms with Gasteiger partial charge in [0.05, 0.1) is 11.4 Å². The van der Waals surface area contributed by atoms with Crippen molar-refractivity contribution < 1.29 is 9.90 Å². The second-order valence-electron chi connectivity index (χ2n) is 6.50. The van der Waals surface area contributed by atoms with Gasteiger partial charge in [0.25, 0.3) is 0 Å². The molecule has 4 rings (SSSR count). The topological polar surface area (TPSA) is 55.1 Å². The first-order valence-corrected chi connectivity index (χ1v) is 9.17. The van der Waals surface area contributed by atoms with Crippen LogP contribution >= 0.6 is 11.6 Å². The maximum atomic E-state index is 12.3. The highest BCUT2D eigenvalue weighted by molar-refractivity contribution is 6.30. The van der Waals surface area contributed by atoms with E-state index in [9.17, 15) is 9.90 Å². The summed E-state index contributed by atoms with van der Waals surface area (Å²) < 4.78 is 1.70. The zero-order valence-corrected chi connectivity index (χ0v) is 15.9. The van der Waals surface area contributed by atoms with E-state index in [4.69, 9.17) is 16.7 Å². The highest BCUT2D eigenvalue weighted by Crippen LogP contribution is 2.34. The van der Waals surface area contributed by atoms with E-state index in [-0.39, 0.29) is 5.56 Å². The van der Waals surface area contributed by atoms with E-state index in [0.717, 1.165) is 16.8 Å². The van der Waals surface area contributed by atoms with Crippen molar-refractivity contribution in [3.05, 3.63) is 95.0 Å². The summed E-state index contributed by atoms with van der Waals surface area (Å²) in [5.74, 6) is -1.03. The molecule has 1 heterocycles. The van der Waals surface area contributed by atoms with E-state index in [0.29, 0.717) is 22.0 Å². The molecule has 0 aliphatic heterocycles. The van der Waals surface area contributed by atoms with Crippen LogP contribution in [0.4, 0.5) is 0 Å². The van der Waals surface area contributed by atoms with Gasteiger partial charge in [0.2, 0.25) is 0 Å². The van der Waals surface area contributed by atoms with E-state index in [1.807, 2.05) is 61.5 Å². The minimum Gasteiger partial charge on any atom is -0.478 e. The SMILES string of the molecule is Cc1cccc(-n2nc(-c3ccc(Cl)cc3)c(C(=O)O)c2-c2ccccc2)c1. The zero-order valence-electron chi connectivity index (χ0n) is 15.1. The third-order valence-electron chi connectivity index (χ3n) is 4.51. The first kappa shape index (κ1) is 18.0. The van der Waals surface area contributed by atoms with Gasteiger partial charge in [-0.25, -0.2) is 9.48 Å². The average molecular weight is 389 g/mol. The summed E-state index contributed by atoms with van der Waals surface area (Å²) in [4.78, 5) is 12.3. The third kappa shape index (κ3) is 3.30. The number of hydrogen-bond donors (Lipinski definition) is 1. The number of aryl methyl sites for hydroxylation is 1. The molecule has 0 saturated carbocycles. The lowest BCUT2D eigenvalue weighted by Crippen LogP contribution is -2.03. The van der Waals surface area contributed by atoms with Gasteiger partial charge in [-0.1, -0.05) is 66.2 Å². The van der Waals surface area contributed by atoms with Crippen molar-refractivity contribution >= 4 is 17.6 Å². The smallest absolute Gasteiger partial charge is 0.340 e. The van der Waals surface area contributed by atoms with Crippen molar-refractivity contribution in [1.29, 1.82) is 0 Å². The summed E-state index contributed by atoms with van der Waals surface area (Å²) in [5.41, 5.74) is 4.47. The predicted molar refractivity (Wildman–Crippen MR) is 111 cm³/mol. The number of benzene rings is 3. The van der Waals surface area contributed by atoms with Gasteiger partial charge in [-0.05, 0) is 36.8 Å². The normalized spacial score (nSPS) is 10.8. The number of aromatic carboxylic acids is 1. The molecule has 138 valence electrons. The molecular weight excluding hydrogens is 372 g/mol. The summed E-state index contributed by atoms with van der Waals surface area (Å²) in [6.45, 7) is 1.99. The molecule has 3 aromatic carbocycles. The molecule has 5 heteroatoms. The van der Waals surface area contributed by atoms with Crippen LogP contribution in [0.15, 0.2) is 78.9 Å². The molecular formula is C23H17ClN2O2. The molecule has 1 aromatic heterocycles. The van der Waals surface area contributed by atoms with E-state index >= 15 is 0 Å². The lowest BCUT2D eigenvalue weighted by Gasteiger charge is -2.09. The van der Waals surface area contributed by atoms with Gasteiger partial charge < -0.3 is 5.11 Å². The molecule has 28 heavy (non-hydrogen) atoms. The van der Waals surface area contributed by atoms with Crippen LogP contribution in [0, 0.1) is 6.92 Å². The number of hydrogen-bond acceptors (Lipinski definition) is 2. The fourth-order valence-electron chi connectivity index (χ4n) is 3.24. The molecule has 4 nitrogen and oxygen atoms in total. The molecule has 4 aromatic rings. The molecule has 0 aliphatic carbocycles. The van der Waals surface area contributed by atoms with Crippen LogP contribution < -0.4 is 0 Å². The van der Waals surface area contributed by atoms with E-state index in [1.54, 1.807) is 28.9 Å². The first-order valence-electron chi connectivity index (χ1n) is 8.79. The van der Waals surface area contributed by atoms with Gasteiger partial charge in [-0.2, -0.15) is 5.10 Å². The van der Waals surface area contributed by atoms with Gasteiger partial charge in [-0.3, -0.25) is 0 Å². The van der Waals surface area contributed by atoms with Crippen molar-refractivity contribution in [1.82, 2.24) is 9.78 Å². The molecule has 0 aliphatic rings. The number of carboxylic acids is 1. The number of carbonyl (C=O) groups is 1. The number of aromatic nitrogens is 2. The van der Waals surface area contributed by atoms with Crippen LogP contribution in [-0.4, -0.2) is 20.9 Å². The van der Waals surface area contributed by atoms with E-state index < -0.39 is 5.97 Å². The fraction of sp³-hybridized carbons (Fsp3) is 0.0435. The Morgan fingerprint density at radius 1 is 0.929 bits per heavy atom. The van der Waals surface area contributed by atoms with Gasteiger partial charge >= 0.3 is 5.97 Å². The van der Waals surface area contributed by atoms with Gasteiger partial charge in [0.15, 0.2) is 0 Å². The summed E-state index contributed by atoms with van der Waals surface area (Å²) >= 11 is 6.01. The Morgan fingerprint density at radius 3 is 2.29 bits per heavy atom. The van der Waals surface area contributed by atoms with Crippen LogP contribution in [0.5, 0.6) is 0 Å². The molecule has 0 radical (unpaired) electrons. The zero-order chi connectivity index (χ0) is 19.7. The van der Waals surface area contributed by atoms with Crippen molar-refractivity contribution in [3.63, 3.8) is 0 Å². The molecule has 0 amide bonds. The Morgan fingerprint density at radius 2 is 1.64 bits per heavy atom. The number of carboxylic acid groups (broad SMARTS) is 1. The number of nitrogens with zero attached hydrogens (tertiary/aromatic N) is 2. The van der Waals surface area contributed by atoms with E-state index in [2.05, 4.69) is 0 Å². The maximum Gasteiger partial charge on any atom is 0.340 e. The fourth-order valence-corrected chi connectivity index (χ4v) is 3.37. The molecule has 0 unspecified atom stereocenters. The Hall–Kier alpha value is -3.37. The Labute approximate surface area is 167 Å². The molecule has 0 spiro atoms. The molecule has 0 atom stereocenters. The molecule has 1 N–H and O–H groups in total. The third-order valence-corrected chi connectivity index (χ3v) is 4.76. The second-order valence-corrected chi connectivity index (χ2v) is 6.94. The maximum absolute atomic E-state index is 12.3. The van der Waals surface area contributed by atoms with Gasteiger partial charge in [0.1, 0.15) is 11.3 Å². The van der Waals surface area contributed by atoms with Crippen LogP contribution in [0.3, 0.4) is 0 Å². The van der Waals surface area contributed by atoms with Gasteiger partial charge in [0, 0.05) is 16.1 Å². The minimum atomic E-state index is -1.03. The van der Waals surface area contributed by atoms with Crippen LogP contribution in [0.1, 0.15) is 15.9 Å². The lowest BCUT2D eigenvalue weighted by molar-refractivity contribution is 0.0698. The molecule has 0 saturated heterocycles. The summed E-state index contributed by atoms with van der Waals surface area (Å²) in [6, 6.07) is 24.3. The van der Waals surface area contributed by atoms with Gasteiger partial charge in [-0.15, -0.1) is 0 Å². The van der Waals surface area contributed by atoms with Crippen LogP contribution in [-0.2, 0) is 0 Å². The average Bonchev–Trinajstić information content (AvgIpc) is 3.10. The minimum absolute atomic E-state index is 0.162. The van der Waals surface area contributed by atoms with Crippen LogP contribution in [0.25, 0.3) is 28.2 Å². The Balaban J connectivity index is 2.06. The Bertz CT molecular complexity index is 1150. The summed E-state index contributed by atoms with van der Waals surface area (Å²) in [6.07, 6.45) is 0. The Kier molecular flexibility index (Phi) is 4.72. The first-order chi connectivity index (χ1) is 13.5. The van der Waals surface area contributed by atoms with Crippen LogP contribution in [0.2, 0.25) is 5.02 Å². The van der Waals surface area contributed by atoms with Crippen molar-refractivity contribution in [2.45, 2.75) is 6.92 Å². The standard InChI is InChI=1S/C23H17ClN2O2/c1-15-6-5-9-19(14-15)26-22(17-7-3-2-4-8-17)20(23(27)28)21(25-26)16-10-12-18(24)13-11-16/h2-14H,1H3,(H,27,28). The van der Waals surface area contributed by atoms with E-state index in [1.165, 1.54) is 0 Å². The van der Waals surface area contributed by atoms with Crippen molar-refractivity contribution in [2.24, 2.45) is 0 Å². The van der Waals surface area contributed by atoms with Crippen molar-refractivity contribution in [2.75, 3.05) is 0 Å². The quantitative estimate of drug-likeness (QED) is 0.476. The molecule has 0 fully saturated rings. The molecule has 0 bridgehead atoms. The summed E-state index contributed by atoms with van der Waals surface area (Å²) in [7, 11) is 0. The predicted octanol–water partition coefficient (Wildman–Crippen LogP) is 5.87. The largest absolute Gasteiger partial charge is 0.478 e. The second kappa shape index (κ2) is 7.33. The monoisotopic (exact) mass is 388 g/mol. The van der Waals surface area contributed by atoms with Crippen molar-refractivity contribution in [3.8, 4) is 28.2 Å². The highest BCUT2D eigenvalue weighted by atomic mass is 35.5. The number of halogens is 1. The number of rotatable bonds is 4. The lowest BCUT2D eigenvalue weighted by atomic mass is 10.0. The highest BCUT2D eigenvalue weighted by Gasteiger charge is 2.26.